The monoisotopic (exact) mass is 344 g/mol. The lowest BCUT2D eigenvalue weighted by molar-refractivity contribution is -0.126. The Bertz CT molecular complexity index is 451. The molecule has 1 aliphatic rings. The minimum atomic E-state index is -0.404. The van der Waals surface area contributed by atoms with Gasteiger partial charge in [-0.25, -0.2) is 4.79 Å². The Morgan fingerprint density at radius 1 is 1.21 bits per heavy atom. The highest BCUT2D eigenvalue weighted by molar-refractivity contribution is 9.49. The molecule has 0 heterocycles. The summed E-state index contributed by atoms with van der Waals surface area (Å²) < 4.78 is 10.7. The number of rotatable bonds is 4. The molecule has 0 spiro atoms. The molecule has 0 aromatic heterocycles. The molecule has 0 amide bonds. The van der Waals surface area contributed by atoms with Gasteiger partial charge in [-0.05, 0) is 12.1 Å². The van der Waals surface area contributed by atoms with Crippen molar-refractivity contribution in [2.75, 3.05) is 0 Å². The highest BCUT2D eigenvalue weighted by Crippen LogP contribution is 2.27. The standard InChI is InChI=1S/C13H13BrO4S/c14-19-18-12-7-10(15)6-11(8-12)17-13(16)9-4-2-1-3-5-9/h1-5,11-12H,6-8H2/t11-,12+/m0/s1. The molecule has 1 aromatic carbocycles. The summed E-state index contributed by atoms with van der Waals surface area (Å²) in [5, 5.41) is 0. The maximum absolute atomic E-state index is 11.9. The van der Waals surface area contributed by atoms with Gasteiger partial charge in [0.2, 0.25) is 0 Å². The van der Waals surface area contributed by atoms with Gasteiger partial charge in [0.25, 0.3) is 0 Å². The second-order valence-corrected chi connectivity index (χ2v) is 5.47. The van der Waals surface area contributed by atoms with Gasteiger partial charge >= 0.3 is 5.97 Å². The summed E-state index contributed by atoms with van der Waals surface area (Å²) in [6.45, 7) is 0. The van der Waals surface area contributed by atoms with Crippen molar-refractivity contribution in [1.29, 1.82) is 0 Å². The average Bonchev–Trinajstić information content (AvgIpc) is 2.39. The van der Waals surface area contributed by atoms with Crippen LogP contribution in [0.5, 0.6) is 0 Å². The molecule has 4 nitrogen and oxygen atoms in total. The number of halogens is 1. The molecular formula is C13H13BrO4S. The summed E-state index contributed by atoms with van der Waals surface area (Å²) in [5.41, 5.74) is 0.493. The molecule has 0 radical (unpaired) electrons. The average molecular weight is 345 g/mol. The van der Waals surface area contributed by atoms with E-state index in [0.29, 0.717) is 18.4 Å². The van der Waals surface area contributed by atoms with Gasteiger partial charge in [0.1, 0.15) is 11.9 Å². The molecule has 0 N–H and O–H groups in total. The highest BCUT2D eigenvalue weighted by Gasteiger charge is 2.30. The fraction of sp³-hybridized carbons (Fsp3) is 0.385. The van der Waals surface area contributed by atoms with Crippen LogP contribution < -0.4 is 0 Å². The zero-order valence-electron chi connectivity index (χ0n) is 10.1. The molecule has 1 fully saturated rings. The summed E-state index contributed by atoms with van der Waals surface area (Å²) in [6, 6.07) is 8.76. The number of hydrogen-bond donors (Lipinski definition) is 0. The molecule has 2 atom stereocenters. The van der Waals surface area contributed by atoms with E-state index in [1.807, 2.05) is 6.07 Å². The summed E-state index contributed by atoms with van der Waals surface area (Å²) in [4.78, 5) is 23.5. The first-order chi connectivity index (χ1) is 9.19. The third kappa shape index (κ3) is 4.33. The van der Waals surface area contributed by atoms with Crippen LogP contribution >= 0.6 is 25.3 Å². The lowest BCUT2D eigenvalue weighted by atomic mass is 9.94. The van der Waals surface area contributed by atoms with Gasteiger partial charge in [0.15, 0.2) is 0 Å². The van der Waals surface area contributed by atoms with Crippen molar-refractivity contribution in [2.45, 2.75) is 31.5 Å². The minimum Gasteiger partial charge on any atom is -0.458 e. The van der Waals surface area contributed by atoms with Gasteiger partial charge in [-0.1, -0.05) is 18.2 Å². The Morgan fingerprint density at radius 3 is 2.58 bits per heavy atom. The van der Waals surface area contributed by atoms with Crippen molar-refractivity contribution in [3.05, 3.63) is 35.9 Å². The van der Waals surface area contributed by atoms with E-state index in [4.69, 9.17) is 8.92 Å². The maximum Gasteiger partial charge on any atom is 0.338 e. The van der Waals surface area contributed by atoms with Crippen LogP contribution in [0.2, 0.25) is 0 Å². The van der Waals surface area contributed by atoms with Crippen molar-refractivity contribution < 1.29 is 18.5 Å². The first-order valence-electron chi connectivity index (χ1n) is 5.91. The van der Waals surface area contributed by atoms with E-state index in [1.54, 1.807) is 24.3 Å². The topological polar surface area (TPSA) is 52.6 Å². The molecule has 2 rings (SSSR count). The zero-order chi connectivity index (χ0) is 13.7. The Kier molecular flexibility index (Phi) is 5.42. The number of ketones is 1. The van der Waals surface area contributed by atoms with Crippen LogP contribution in [0.15, 0.2) is 30.3 Å². The Labute approximate surface area is 123 Å². The van der Waals surface area contributed by atoms with E-state index < -0.39 is 12.1 Å². The van der Waals surface area contributed by atoms with Crippen LogP contribution in [0.1, 0.15) is 29.6 Å². The fourth-order valence-corrected chi connectivity index (χ4v) is 2.96. The fourth-order valence-electron chi connectivity index (χ4n) is 2.06. The number of benzene rings is 1. The molecule has 0 unspecified atom stereocenters. The predicted molar refractivity (Wildman–Crippen MR) is 75.9 cm³/mol. The van der Waals surface area contributed by atoms with Crippen LogP contribution in [0.4, 0.5) is 0 Å². The number of Topliss-reactive ketones (excluding diaryl/α,β-unsaturated/α-hetero) is 1. The summed E-state index contributed by atoms with van der Waals surface area (Å²) in [5.74, 6) is -0.339. The molecule has 19 heavy (non-hydrogen) atoms. The smallest absolute Gasteiger partial charge is 0.338 e. The van der Waals surface area contributed by atoms with Gasteiger partial charge in [-0.3, -0.25) is 4.79 Å². The van der Waals surface area contributed by atoms with Crippen LogP contribution in [-0.2, 0) is 13.7 Å². The van der Waals surface area contributed by atoms with Crippen LogP contribution in [0.25, 0.3) is 0 Å². The number of esters is 1. The van der Waals surface area contributed by atoms with Crippen molar-refractivity contribution in [3.8, 4) is 0 Å². The number of carbonyl (C=O) groups is 2. The molecule has 0 saturated heterocycles. The molecule has 6 heteroatoms. The van der Waals surface area contributed by atoms with E-state index in [9.17, 15) is 9.59 Å². The zero-order valence-corrected chi connectivity index (χ0v) is 12.5. The van der Waals surface area contributed by atoms with Crippen molar-refractivity contribution in [2.24, 2.45) is 0 Å². The number of hydrogen-bond acceptors (Lipinski definition) is 5. The first-order valence-corrected chi connectivity index (χ1v) is 8.49. The van der Waals surface area contributed by atoms with Crippen molar-refractivity contribution >= 4 is 37.0 Å². The van der Waals surface area contributed by atoms with E-state index in [1.165, 1.54) is 0 Å². The van der Waals surface area contributed by atoms with Gasteiger partial charge in [0.05, 0.1) is 22.1 Å². The Hall–Kier alpha value is -0.850. The van der Waals surface area contributed by atoms with E-state index >= 15 is 0 Å². The third-order valence-electron chi connectivity index (χ3n) is 2.89. The summed E-state index contributed by atoms with van der Waals surface area (Å²) in [7, 11) is 1.05. The normalized spacial score (nSPS) is 23.1. The van der Waals surface area contributed by atoms with Gasteiger partial charge in [0, 0.05) is 34.1 Å². The van der Waals surface area contributed by atoms with Crippen LogP contribution in [0, 0.1) is 0 Å². The highest BCUT2D eigenvalue weighted by atomic mass is 79.9. The number of ether oxygens (including phenoxy) is 1. The first kappa shape index (κ1) is 14.6. The van der Waals surface area contributed by atoms with Crippen molar-refractivity contribution in [3.63, 3.8) is 0 Å². The van der Waals surface area contributed by atoms with Gasteiger partial charge < -0.3 is 8.92 Å². The van der Waals surface area contributed by atoms with E-state index in [-0.39, 0.29) is 18.3 Å². The van der Waals surface area contributed by atoms with Crippen LogP contribution in [0.3, 0.4) is 0 Å². The molecule has 0 bridgehead atoms. The quantitative estimate of drug-likeness (QED) is 0.619. The summed E-state index contributed by atoms with van der Waals surface area (Å²) in [6.07, 6.45) is 0.574. The molecule has 1 aromatic rings. The van der Waals surface area contributed by atoms with E-state index in [2.05, 4.69) is 14.8 Å². The lowest BCUT2D eigenvalue weighted by Crippen LogP contribution is -2.33. The number of carbonyl (C=O) groups excluding carboxylic acids is 2. The lowest BCUT2D eigenvalue weighted by Gasteiger charge is -2.26. The molecule has 1 saturated carbocycles. The molecule has 0 aliphatic heterocycles. The van der Waals surface area contributed by atoms with Gasteiger partial charge in [-0.2, -0.15) is 0 Å². The van der Waals surface area contributed by atoms with E-state index in [0.717, 1.165) is 10.5 Å². The van der Waals surface area contributed by atoms with Gasteiger partial charge in [-0.15, -0.1) is 0 Å². The third-order valence-corrected chi connectivity index (χ3v) is 3.69. The predicted octanol–water partition coefficient (Wildman–Crippen LogP) is 3.31. The Balaban J connectivity index is 1.94. The molecular weight excluding hydrogens is 332 g/mol. The van der Waals surface area contributed by atoms with Crippen LogP contribution in [-0.4, -0.2) is 24.0 Å². The maximum atomic E-state index is 11.9. The van der Waals surface area contributed by atoms with Crippen molar-refractivity contribution in [1.82, 2.24) is 0 Å². The largest absolute Gasteiger partial charge is 0.458 e. The SMILES string of the molecule is O=C1C[C@@H](OSBr)C[C@@H](OC(=O)c2ccccc2)C1. The summed E-state index contributed by atoms with van der Waals surface area (Å²) >= 11 is 3.09. The minimum absolute atomic E-state index is 0.0589. The second kappa shape index (κ2) is 7.07. The molecule has 1 aliphatic carbocycles. The Morgan fingerprint density at radius 2 is 1.89 bits per heavy atom. The molecule has 102 valence electrons. The second-order valence-electron chi connectivity index (χ2n) is 4.36.